The molecule has 5 heteroatoms. The van der Waals surface area contributed by atoms with Crippen LogP contribution in [0.4, 0.5) is 4.39 Å². The Hall–Kier alpha value is -2.69. The van der Waals surface area contributed by atoms with Gasteiger partial charge in [-0.15, -0.1) is 10.2 Å². The van der Waals surface area contributed by atoms with Crippen molar-refractivity contribution in [1.82, 2.24) is 20.2 Å². The predicted octanol–water partition coefficient (Wildman–Crippen LogP) is 2.74. The first-order chi connectivity index (χ1) is 9.33. The van der Waals surface area contributed by atoms with Crippen LogP contribution >= 0.6 is 0 Å². The van der Waals surface area contributed by atoms with E-state index < -0.39 is 0 Å². The minimum atomic E-state index is -0.283. The Labute approximate surface area is 109 Å². The SMILES string of the molecule is Fc1ccc(-c2cnc(-c3ccccn3)nn2)cc1. The molecule has 3 rings (SSSR count). The number of hydrogen-bond donors (Lipinski definition) is 0. The molecule has 92 valence electrons. The van der Waals surface area contributed by atoms with Crippen LogP contribution < -0.4 is 0 Å². The normalized spacial score (nSPS) is 10.4. The average Bonchev–Trinajstić information content (AvgIpc) is 2.49. The Bertz CT molecular complexity index is 666. The number of rotatable bonds is 2. The van der Waals surface area contributed by atoms with Gasteiger partial charge in [0.15, 0.2) is 5.82 Å². The highest BCUT2D eigenvalue weighted by Crippen LogP contribution is 2.17. The van der Waals surface area contributed by atoms with Crippen molar-refractivity contribution in [3.63, 3.8) is 0 Å². The molecule has 0 spiro atoms. The molecular formula is C14H9FN4. The van der Waals surface area contributed by atoms with Crippen LogP contribution in [-0.4, -0.2) is 20.2 Å². The first-order valence-corrected chi connectivity index (χ1v) is 5.70. The summed E-state index contributed by atoms with van der Waals surface area (Å²) in [5, 5.41) is 8.11. The summed E-state index contributed by atoms with van der Waals surface area (Å²) in [6.45, 7) is 0. The Morgan fingerprint density at radius 3 is 2.26 bits per heavy atom. The minimum absolute atomic E-state index is 0.283. The highest BCUT2D eigenvalue weighted by molar-refractivity contribution is 5.58. The molecule has 0 unspecified atom stereocenters. The monoisotopic (exact) mass is 252 g/mol. The van der Waals surface area contributed by atoms with Gasteiger partial charge in [-0.05, 0) is 36.4 Å². The molecule has 0 amide bonds. The molecule has 0 saturated carbocycles. The van der Waals surface area contributed by atoms with Crippen LogP contribution in [0.2, 0.25) is 0 Å². The minimum Gasteiger partial charge on any atom is -0.253 e. The van der Waals surface area contributed by atoms with Gasteiger partial charge in [-0.2, -0.15) is 0 Å². The summed E-state index contributed by atoms with van der Waals surface area (Å²) in [6, 6.07) is 11.5. The summed E-state index contributed by atoms with van der Waals surface area (Å²) in [5.74, 6) is 0.182. The van der Waals surface area contributed by atoms with E-state index in [1.807, 2.05) is 18.2 Å². The number of aromatic nitrogens is 4. The molecule has 2 heterocycles. The summed E-state index contributed by atoms with van der Waals surface area (Å²) in [7, 11) is 0. The predicted molar refractivity (Wildman–Crippen MR) is 68.5 cm³/mol. The number of nitrogens with zero attached hydrogens (tertiary/aromatic N) is 4. The van der Waals surface area contributed by atoms with Crippen LogP contribution in [0, 0.1) is 5.82 Å². The molecule has 19 heavy (non-hydrogen) atoms. The summed E-state index contributed by atoms with van der Waals surface area (Å²) >= 11 is 0. The summed E-state index contributed by atoms with van der Waals surface area (Å²) in [4.78, 5) is 8.37. The van der Waals surface area contributed by atoms with Gasteiger partial charge in [0.25, 0.3) is 0 Å². The van der Waals surface area contributed by atoms with Crippen molar-refractivity contribution in [3.05, 3.63) is 60.7 Å². The fraction of sp³-hybridized carbons (Fsp3) is 0. The van der Waals surface area contributed by atoms with E-state index in [9.17, 15) is 4.39 Å². The molecule has 0 radical (unpaired) electrons. The van der Waals surface area contributed by atoms with Crippen molar-refractivity contribution < 1.29 is 4.39 Å². The molecular weight excluding hydrogens is 243 g/mol. The Morgan fingerprint density at radius 2 is 1.63 bits per heavy atom. The molecule has 0 atom stereocenters. The van der Waals surface area contributed by atoms with E-state index in [-0.39, 0.29) is 5.82 Å². The van der Waals surface area contributed by atoms with Crippen LogP contribution in [0.5, 0.6) is 0 Å². The molecule has 0 bridgehead atoms. The second-order valence-electron chi connectivity index (χ2n) is 3.89. The van der Waals surface area contributed by atoms with Gasteiger partial charge in [0.1, 0.15) is 17.2 Å². The molecule has 0 N–H and O–H groups in total. The lowest BCUT2D eigenvalue weighted by Gasteiger charge is -2.01. The van der Waals surface area contributed by atoms with Crippen LogP contribution in [0.3, 0.4) is 0 Å². The third-order valence-electron chi connectivity index (χ3n) is 2.60. The van der Waals surface area contributed by atoms with E-state index in [1.165, 1.54) is 12.1 Å². The largest absolute Gasteiger partial charge is 0.253 e. The lowest BCUT2D eigenvalue weighted by molar-refractivity contribution is 0.628. The molecule has 4 nitrogen and oxygen atoms in total. The van der Waals surface area contributed by atoms with E-state index in [0.29, 0.717) is 17.2 Å². The first-order valence-electron chi connectivity index (χ1n) is 5.70. The van der Waals surface area contributed by atoms with Gasteiger partial charge in [0.05, 0.1) is 6.20 Å². The standard InChI is InChI=1S/C14H9FN4/c15-11-6-4-10(5-7-11)13-9-17-14(19-18-13)12-3-1-2-8-16-12/h1-9H. The zero-order chi connectivity index (χ0) is 13.1. The van der Waals surface area contributed by atoms with E-state index >= 15 is 0 Å². The third kappa shape index (κ3) is 2.44. The van der Waals surface area contributed by atoms with Gasteiger partial charge in [0.2, 0.25) is 0 Å². The second kappa shape index (κ2) is 4.89. The number of benzene rings is 1. The third-order valence-corrected chi connectivity index (χ3v) is 2.60. The van der Waals surface area contributed by atoms with Gasteiger partial charge < -0.3 is 0 Å². The number of halogens is 1. The zero-order valence-corrected chi connectivity index (χ0v) is 9.86. The number of hydrogen-bond acceptors (Lipinski definition) is 4. The van der Waals surface area contributed by atoms with E-state index in [0.717, 1.165) is 5.56 Å². The van der Waals surface area contributed by atoms with E-state index in [1.54, 1.807) is 24.5 Å². The van der Waals surface area contributed by atoms with Crippen molar-refractivity contribution in [2.45, 2.75) is 0 Å². The topological polar surface area (TPSA) is 51.6 Å². The Balaban J connectivity index is 1.93. The lowest BCUT2D eigenvalue weighted by atomic mass is 10.2. The Kier molecular flexibility index (Phi) is 2.94. The molecule has 0 aliphatic heterocycles. The lowest BCUT2D eigenvalue weighted by Crippen LogP contribution is -1.95. The first kappa shape index (κ1) is 11.4. The summed E-state index contributed by atoms with van der Waals surface area (Å²) < 4.78 is 12.8. The van der Waals surface area contributed by atoms with Crippen LogP contribution in [0.15, 0.2) is 54.9 Å². The summed E-state index contributed by atoms with van der Waals surface area (Å²) in [5.41, 5.74) is 2.04. The maximum atomic E-state index is 12.8. The van der Waals surface area contributed by atoms with Gasteiger partial charge in [-0.25, -0.2) is 9.37 Å². The van der Waals surface area contributed by atoms with Crippen molar-refractivity contribution in [2.24, 2.45) is 0 Å². The highest BCUT2D eigenvalue weighted by atomic mass is 19.1. The van der Waals surface area contributed by atoms with Crippen LogP contribution in [0.25, 0.3) is 22.8 Å². The molecule has 0 fully saturated rings. The smallest absolute Gasteiger partial charge is 0.200 e. The van der Waals surface area contributed by atoms with Gasteiger partial charge in [0, 0.05) is 11.8 Å². The van der Waals surface area contributed by atoms with Crippen LogP contribution in [0.1, 0.15) is 0 Å². The summed E-state index contributed by atoms with van der Waals surface area (Å²) in [6.07, 6.45) is 3.27. The fourth-order valence-electron chi connectivity index (χ4n) is 1.64. The van der Waals surface area contributed by atoms with E-state index in [2.05, 4.69) is 20.2 Å². The van der Waals surface area contributed by atoms with Gasteiger partial charge in [-0.3, -0.25) is 4.98 Å². The fourth-order valence-corrected chi connectivity index (χ4v) is 1.64. The van der Waals surface area contributed by atoms with E-state index in [4.69, 9.17) is 0 Å². The van der Waals surface area contributed by atoms with Crippen molar-refractivity contribution in [2.75, 3.05) is 0 Å². The molecule has 2 aromatic heterocycles. The maximum absolute atomic E-state index is 12.8. The van der Waals surface area contributed by atoms with Crippen LogP contribution in [-0.2, 0) is 0 Å². The maximum Gasteiger partial charge on any atom is 0.200 e. The molecule has 0 saturated heterocycles. The molecule has 0 aliphatic rings. The molecule has 1 aromatic carbocycles. The molecule has 0 aliphatic carbocycles. The second-order valence-corrected chi connectivity index (χ2v) is 3.89. The van der Waals surface area contributed by atoms with Gasteiger partial charge >= 0.3 is 0 Å². The van der Waals surface area contributed by atoms with Crippen molar-refractivity contribution in [1.29, 1.82) is 0 Å². The average molecular weight is 252 g/mol. The number of pyridine rings is 1. The highest BCUT2D eigenvalue weighted by Gasteiger charge is 2.05. The van der Waals surface area contributed by atoms with Crippen molar-refractivity contribution in [3.8, 4) is 22.8 Å². The van der Waals surface area contributed by atoms with Crippen molar-refractivity contribution >= 4 is 0 Å². The Morgan fingerprint density at radius 1 is 0.789 bits per heavy atom. The quantitative estimate of drug-likeness (QED) is 0.703. The zero-order valence-electron chi connectivity index (χ0n) is 9.86. The molecule has 3 aromatic rings. The van der Waals surface area contributed by atoms with Gasteiger partial charge in [-0.1, -0.05) is 6.07 Å².